The van der Waals surface area contributed by atoms with Crippen molar-refractivity contribution in [2.24, 2.45) is 5.41 Å². The van der Waals surface area contributed by atoms with Crippen molar-refractivity contribution in [2.75, 3.05) is 19.9 Å². The van der Waals surface area contributed by atoms with Crippen molar-refractivity contribution in [3.05, 3.63) is 0 Å². The Kier molecular flexibility index (Phi) is 7.13. The molecule has 0 aromatic carbocycles. The summed E-state index contributed by atoms with van der Waals surface area (Å²) >= 11 is 7.00. The van der Waals surface area contributed by atoms with Gasteiger partial charge in [0.15, 0.2) is 0 Å². The van der Waals surface area contributed by atoms with E-state index in [9.17, 15) is 0 Å². The van der Waals surface area contributed by atoms with Crippen LogP contribution in [0.15, 0.2) is 0 Å². The smallest absolute Gasteiger partial charge is 0.0509 e. The van der Waals surface area contributed by atoms with Gasteiger partial charge in [-0.15, -0.1) is 0 Å². The zero-order chi connectivity index (χ0) is 7.33. The second-order valence-corrected chi connectivity index (χ2v) is 4.35. The van der Waals surface area contributed by atoms with E-state index < -0.39 is 0 Å². The minimum absolute atomic E-state index is 0.182. The molecule has 0 aliphatic heterocycles. The lowest BCUT2D eigenvalue weighted by Gasteiger charge is -2.24. The van der Waals surface area contributed by atoms with E-state index in [4.69, 9.17) is 5.11 Å². The molecule has 0 rings (SSSR count). The molecular weight excluding hydrogens is 457 g/mol. The minimum Gasteiger partial charge on any atom is -0.396 e. The molecule has 56 valence electrons. The van der Waals surface area contributed by atoms with Crippen LogP contribution in [0.25, 0.3) is 0 Å². The summed E-state index contributed by atoms with van der Waals surface area (Å²) in [4.78, 5) is 0. The van der Waals surface area contributed by atoms with Gasteiger partial charge in [0.1, 0.15) is 0 Å². The molecule has 0 fully saturated rings. The first-order valence-corrected chi connectivity index (χ1v) is 7.11. The third-order valence-corrected chi connectivity index (χ3v) is 6.04. The summed E-state index contributed by atoms with van der Waals surface area (Å²) in [6.07, 6.45) is 0. The molecule has 1 nitrogen and oxygen atoms in total. The van der Waals surface area contributed by atoms with Crippen LogP contribution in [-0.2, 0) is 0 Å². The highest BCUT2D eigenvalue weighted by molar-refractivity contribution is 14.1. The van der Waals surface area contributed by atoms with E-state index in [1.165, 1.54) is 0 Å². The maximum Gasteiger partial charge on any atom is 0.0509 e. The van der Waals surface area contributed by atoms with Gasteiger partial charge < -0.3 is 5.11 Å². The zero-order valence-corrected chi connectivity index (χ0v) is 11.4. The number of alkyl halides is 3. The van der Waals surface area contributed by atoms with Crippen LogP contribution in [0.3, 0.4) is 0 Å². The molecular formula is C5H9I3O. The Labute approximate surface area is 96.8 Å². The summed E-state index contributed by atoms with van der Waals surface area (Å²) in [5.74, 6) is 0. The molecule has 0 aliphatic rings. The molecule has 0 aromatic rings. The van der Waals surface area contributed by atoms with Gasteiger partial charge in [0.25, 0.3) is 0 Å². The lowest BCUT2D eigenvalue weighted by Crippen LogP contribution is -2.30. The average molecular weight is 466 g/mol. The van der Waals surface area contributed by atoms with Crippen LogP contribution in [0.1, 0.15) is 0 Å². The van der Waals surface area contributed by atoms with Crippen LogP contribution in [0.4, 0.5) is 0 Å². The summed E-state index contributed by atoms with van der Waals surface area (Å²) in [5.41, 5.74) is 0.182. The standard InChI is InChI=1S/C5H9I3O/c6-1-5(2-7,3-8)4-9/h9H,1-4H2. The number of hydrogen-bond acceptors (Lipinski definition) is 1. The SMILES string of the molecule is OCC(CI)(CI)CI. The van der Waals surface area contributed by atoms with Crippen molar-refractivity contribution in [3.8, 4) is 0 Å². The lowest BCUT2D eigenvalue weighted by atomic mass is 9.99. The van der Waals surface area contributed by atoms with Crippen molar-refractivity contribution in [1.29, 1.82) is 0 Å². The van der Waals surface area contributed by atoms with Crippen molar-refractivity contribution in [2.45, 2.75) is 0 Å². The summed E-state index contributed by atoms with van der Waals surface area (Å²) in [7, 11) is 0. The summed E-state index contributed by atoms with van der Waals surface area (Å²) < 4.78 is 3.15. The van der Waals surface area contributed by atoms with Gasteiger partial charge in [-0.05, 0) is 0 Å². The van der Waals surface area contributed by atoms with E-state index in [0.29, 0.717) is 6.61 Å². The summed E-state index contributed by atoms with van der Waals surface area (Å²) in [5, 5.41) is 8.96. The Morgan fingerprint density at radius 3 is 1.33 bits per heavy atom. The van der Waals surface area contributed by atoms with Gasteiger partial charge in [0, 0.05) is 18.7 Å². The van der Waals surface area contributed by atoms with Crippen LogP contribution in [0.5, 0.6) is 0 Å². The van der Waals surface area contributed by atoms with Gasteiger partial charge in [-0.25, -0.2) is 0 Å². The lowest BCUT2D eigenvalue weighted by molar-refractivity contribution is 0.195. The topological polar surface area (TPSA) is 20.2 Å². The fourth-order valence-corrected chi connectivity index (χ4v) is 5.67. The molecule has 0 spiro atoms. The minimum atomic E-state index is 0.182. The highest BCUT2D eigenvalue weighted by Gasteiger charge is 2.24. The zero-order valence-electron chi connectivity index (χ0n) is 4.91. The highest BCUT2D eigenvalue weighted by Crippen LogP contribution is 2.25. The number of aliphatic hydroxyl groups is 1. The van der Waals surface area contributed by atoms with Crippen molar-refractivity contribution in [3.63, 3.8) is 0 Å². The Morgan fingerprint density at radius 2 is 1.33 bits per heavy atom. The van der Waals surface area contributed by atoms with Gasteiger partial charge in [0.2, 0.25) is 0 Å². The Morgan fingerprint density at radius 1 is 1.00 bits per heavy atom. The van der Waals surface area contributed by atoms with E-state index in [-0.39, 0.29) is 5.41 Å². The third kappa shape index (κ3) is 3.37. The molecule has 0 radical (unpaired) electrons. The van der Waals surface area contributed by atoms with E-state index in [0.717, 1.165) is 13.3 Å². The quantitative estimate of drug-likeness (QED) is 0.499. The molecule has 0 amide bonds. The Bertz CT molecular complexity index is 55.1. The molecule has 0 saturated heterocycles. The van der Waals surface area contributed by atoms with Crippen molar-refractivity contribution >= 4 is 67.8 Å². The maximum absolute atomic E-state index is 8.96. The fourth-order valence-electron chi connectivity index (χ4n) is 0.234. The Balaban J connectivity index is 3.82. The number of halogens is 3. The molecule has 0 aliphatic carbocycles. The predicted octanol–water partition coefficient (Wildman–Crippen LogP) is 2.27. The number of rotatable bonds is 4. The van der Waals surface area contributed by atoms with Gasteiger partial charge in [0.05, 0.1) is 6.61 Å². The second-order valence-electron chi connectivity index (χ2n) is 2.06. The van der Waals surface area contributed by atoms with E-state index in [1.54, 1.807) is 0 Å². The third-order valence-electron chi connectivity index (χ3n) is 1.19. The van der Waals surface area contributed by atoms with Crippen LogP contribution in [-0.4, -0.2) is 25.0 Å². The Hall–Kier alpha value is 2.15. The molecule has 9 heavy (non-hydrogen) atoms. The first-order valence-electron chi connectivity index (χ1n) is 2.53. The fraction of sp³-hybridized carbons (Fsp3) is 1.00. The molecule has 0 bridgehead atoms. The van der Waals surface area contributed by atoms with Gasteiger partial charge in [-0.3, -0.25) is 0 Å². The molecule has 1 N–H and O–H groups in total. The van der Waals surface area contributed by atoms with Crippen LogP contribution < -0.4 is 0 Å². The largest absolute Gasteiger partial charge is 0.396 e. The normalized spacial score (nSPS) is 12.0. The first kappa shape index (κ1) is 11.2. The number of aliphatic hydroxyl groups excluding tert-OH is 1. The van der Waals surface area contributed by atoms with Crippen LogP contribution in [0, 0.1) is 5.41 Å². The van der Waals surface area contributed by atoms with Gasteiger partial charge in [-0.1, -0.05) is 67.8 Å². The second kappa shape index (κ2) is 5.76. The van der Waals surface area contributed by atoms with Crippen LogP contribution >= 0.6 is 67.8 Å². The molecule has 0 atom stereocenters. The van der Waals surface area contributed by atoms with Gasteiger partial charge in [-0.2, -0.15) is 0 Å². The summed E-state index contributed by atoms with van der Waals surface area (Å²) in [6.45, 7) is 0.321. The molecule has 4 heteroatoms. The van der Waals surface area contributed by atoms with Gasteiger partial charge >= 0.3 is 0 Å². The van der Waals surface area contributed by atoms with E-state index in [2.05, 4.69) is 67.8 Å². The first-order chi connectivity index (χ1) is 4.24. The number of hydrogen-bond donors (Lipinski definition) is 1. The molecule has 0 saturated carbocycles. The highest BCUT2D eigenvalue weighted by atomic mass is 127. The molecule has 0 aromatic heterocycles. The summed E-state index contributed by atoms with van der Waals surface area (Å²) in [6, 6.07) is 0. The van der Waals surface area contributed by atoms with Crippen molar-refractivity contribution < 1.29 is 5.11 Å². The molecule has 0 unspecified atom stereocenters. The van der Waals surface area contributed by atoms with E-state index in [1.807, 2.05) is 0 Å². The average Bonchev–Trinajstić information content (AvgIpc) is 1.95. The molecule has 0 heterocycles. The maximum atomic E-state index is 8.96. The monoisotopic (exact) mass is 466 g/mol. The van der Waals surface area contributed by atoms with Crippen LogP contribution in [0.2, 0.25) is 0 Å². The van der Waals surface area contributed by atoms with E-state index >= 15 is 0 Å². The predicted molar refractivity (Wildman–Crippen MR) is 66.2 cm³/mol. The van der Waals surface area contributed by atoms with Crippen molar-refractivity contribution in [1.82, 2.24) is 0 Å².